The Balaban J connectivity index is 1.88. The molecule has 1 aromatic carbocycles. The molecule has 0 saturated heterocycles. The van der Waals surface area contributed by atoms with E-state index in [1.807, 2.05) is 31.2 Å². The molecule has 6 nitrogen and oxygen atoms in total. The fraction of sp³-hybridized carbons (Fsp3) is 0.333. The van der Waals surface area contributed by atoms with Crippen LogP contribution in [-0.4, -0.2) is 41.4 Å². The molecule has 0 aliphatic carbocycles. The molecule has 0 atom stereocenters. The number of rotatable bonds is 8. The highest BCUT2D eigenvalue weighted by Gasteiger charge is 2.00. The van der Waals surface area contributed by atoms with Crippen molar-refractivity contribution in [2.24, 2.45) is 0 Å². The predicted molar refractivity (Wildman–Crippen MR) is 82.9 cm³/mol. The second-order valence-corrected chi connectivity index (χ2v) is 4.55. The van der Waals surface area contributed by atoms with E-state index in [-0.39, 0.29) is 6.61 Å². The minimum absolute atomic E-state index is 0.0397. The van der Waals surface area contributed by atoms with Crippen molar-refractivity contribution in [3.8, 4) is 0 Å². The maximum Gasteiger partial charge on any atom is 0.135 e. The largest absolute Gasteiger partial charge is 0.394 e. The van der Waals surface area contributed by atoms with Crippen LogP contribution in [0.15, 0.2) is 36.7 Å². The summed E-state index contributed by atoms with van der Waals surface area (Å²) in [6.07, 6.45) is 1.51. The van der Waals surface area contributed by atoms with E-state index in [0.29, 0.717) is 19.8 Å². The maximum atomic E-state index is 8.60. The summed E-state index contributed by atoms with van der Waals surface area (Å²) in [5, 5.41) is 15.0. The zero-order valence-corrected chi connectivity index (χ0v) is 12.0. The van der Waals surface area contributed by atoms with Gasteiger partial charge in [-0.1, -0.05) is 12.1 Å². The number of hydrogen-bond acceptors (Lipinski definition) is 6. The fourth-order valence-electron chi connectivity index (χ4n) is 1.81. The minimum Gasteiger partial charge on any atom is -0.394 e. The van der Waals surface area contributed by atoms with Gasteiger partial charge in [-0.3, -0.25) is 0 Å². The molecule has 1 aromatic heterocycles. The van der Waals surface area contributed by atoms with Crippen LogP contribution < -0.4 is 10.6 Å². The van der Waals surface area contributed by atoms with Crippen LogP contribution in [0.25, 0.3) is 0 Å². The molecule has 3 N–H and O–H groups in total. The number of aliphatic hydroxyl groups is 1. The van der Waals surface area contributed by atoms with E-state index in [1.165, 1.54) is 11.9 Å². The topological polar surface area (TPSA) is 79.3 Å². The Kier molecular flexibility index (Phi) is 5.93. The minimum atomic E-state index is 0.0397. The number of hydrogen-bond donors (Lipinski definition) is 3. The Bertz CT molecular complexity index is 563. The van der Waals surface area contributed by atoms with E-state index in [1.54, 1.807) is 0 Å². The van der Waals surface area contributed by atoms with Crippen molar-refractivity contribution in [3.63, 3.8) is 0 Å². The van der Waals surface area contributed by atoms with Gasteiger partial charge in [0, 0.05) is 18.3 Å². The third-order valence-corrected chi connectivity index (χ3v) is 2.75. The first-order chi connectivity index (χ1) is 10.3. The molecular formula is C15H20N4O2. The zero-order valence-electron chi connectivity index (χ0n) is 12.0. The average Bonchev–Trinajstić information content (AvgIpc) is 2.47. The van der Waals surface area contributed by atoms with Gasteiger partial charge in [-0.25, -0.2) is 9.97 Å². The standard InChI is InChI=1S/C15H20N4O2/c1-12-3-2-4-13(9-12)19-15-10-14(17-11-18-15)16-5-7-21-8-6-20/h2-4,9-11,20H,5-8H2,1H3,(H2,16,17,18,19). The summed E-state index contributed by atoms with van der Waals surface area (Å²) in [4.78, 5) is 8.34. The number of aryl methyl sites for hydroxylation is 1. The molecule has 0 aliphatic rings. The van der Waals surface area contributed by atoms with Gasteiger partial charge in [0.1, 0.15) is 18.0 Å². The van der Waals surface area contributed by atoms with Gasteiger partial charge >= 0.3 is 0 Å². The van der Waals surface area contributed by atoms with Crippen molar-refractivity contribution in [2.75, 3.05) is 37.0 Å². The Morgan fingerprint density at radius 2 is 2.00 bits per heavy atom. The van der Waals surface area contributed by atoms with E-state index < -0.39 is 0 Å². The van der Waals surface area contributed by atoms with Gasteiger partial charge in [0.05, 0.1) is 19.8 Å². The zero-order chi connectivity index (χ0) is 14.9. The van der Waals surface area contributed by atoms with Gasteiger partial charge in [0.15, 0.2) is 0 Å². The van der Waals surface area contributed by atoms with Gasteiger partial charge in [0.2, 0.25) is 0 Å². The summed E-state index contributed by atoms with van der Waals surface area (Å²) in [6.45, 7) is 3.58. The molecule has 0 fully saturated rings. The van der Waals surface area contributed by atoms with Crippen LogP contribution >= 0.6 is 0 Å². The van der Waals surface area contributed by atoms with Crippen LogP contribution in [0, 0.1) is 6.92 Å². The SMILES string of the molecule is Cc1cccc(Nc2cc(NCCOCCO)ncn2)c1. The van der Waals surface area contributed by atoms with Crippen molar-refractivity contribution in [1.29, 1.82) is 0 Å². The molecule has 1 heterocycles. The first-order valence-electron chi connectivity index (χ1n) is 6.86. The van der Waals surface area contributed by atoms with Gasteiger partial charge in [-0.2, -0.15) is 0 Å². The van der Waals surface area contributed by atoms with Crippen LogP contribution in [0.4, 0.5) is 17.3 Å². The molecule has 0 spiro atoms. The Morgan fingerprint density at radius 3 is 2.81 bits per heavy atom. The Labute approximate surface area is 124 Å². The highest BCUT2D eigenvalue weighted by molar-refractivity contribution is 5.59. The molecule has 2 rings (SSSR count). The summed E-state index contributed by atoms with van der Waals surface area (Å²) in [7, 11) is 0. The van der Waals surface area contributed by atoms with Crippen molar-refractivity contribution in [2.45, 2.75) is 6.92 Å². The van der Waals surface area contributed by atoms with Crippen LogP contribution in [0.1, 0.15) is 5.56 Å². The van der Waals surface area contributed by atoms with Gasteiger partial charge < -0.3 is 20.5 Å². The summed E-state index contributed by atoms with van der Waals surface area (Å²) in [5.74, 6) is 1.46. The molecule has 0 amide bonds. The number of anilines is 3. The molecule has 0 bridgehead atoms. The Morgan fingerprint density at radius 1 is 1.14 bits per heavy atom. The number of benzene rings is 1. The molecular weight excluding hydrogens is 268 g/mol. The molecule has 0 aliphatic heterocycles. The first kappa shape index (κ1) is 15.2. The second kappa shape index (κ2) is 8.18. The molecule has 6 heteroatoms. The molecule has 21 heavy (non-hydrogen) atoms. The van der Waals surface area contributed by atoms with E-state index in [9.17, 15) is 0 Å². The third kappa shape index (κ3) is 5.37. The lowest BCUT2D eigenvalue weighted by atomic mass is 10.2. The van der Waals surface area contributed by atoms with E-state index in [2.05, 4.69) is 26.7 Å². The molecule has 112 valence electrons. The lowest BCUT2D eigenvalue weighted by Crippen LogP contribution is -2.12. The second-order valence-electron chi connectivity index (χ2n) is 4.55. The van der Waals surface area contributed by atoms with Crippen LogP contribution in [0.3, 0.4) is 0 Å². The summed E-state index contributed by atoms with van der Waals surface area (Å²) < 4.78 is 5.17. The Hall–Kier alpha value is -2.18. The molecule has 0 saturated carbocycles. The van der Waals surface area contributed by atoms with E-state index in [0.717, 1.165) is 17.3 Å². The number of aromatic nitrogens is 2. The maximum absolute atomic E-state index is 8.60. The first-order valence-corrected chi connectivity index (χ1v) is 6.86. The van der Waals surface area contributed by atoms with Crippen LogP contribution in [-0.2, 0) is 4.74 Å². The summed E-state index contributed by atoms with van der Waals surface area (Å²) in [5.41, 5.74) is 2.18. The highest BCUT2D eigenvalue weighted by Crippen LogP contribution is 2.17. The molecule has 0 radical (unpaired) electrons. The quantitative estimate of drug-likeness (QED) is 0.644. The fourth-order valence-corrected chi connectivity index (χ4v) is 1.81. The van der Waals surface area contributed by atoms with E-state index in [4.69, 9.17) is 9.84 Å². The predicted octanol–water partition coefficient (Wildman–Crippen LogP) is 1.95. The molecule has 2 aromatic rings. The van der Waals surface area contributed by atoms with Gasteiger partial charge in [0.25, 0.3) is 0 Å². The molecule has 0 unspecified atom stereocenters. The van der Waals surface area contributed by atoms with Crippen molar-refractivity contribution in [3.05, 3.63) is 42.2 Å². The van der Waals surface area contributed by atoms with Crippen molar-refractivity contribution in [1.82, 2.24) is 9.97 Å². The van der Waals surface area contributed by atoms with Gasteiger partial charge in [-0.05, 0) is 24.6 Å². The monoisotopic (exact) mass is 288 g/mol. The summed E-state index contributed by atoms with van der Waals surface area (Å²) >= 11 is 0. The summed E-state index contributed by atoms with van der Waals surface area (Å²) in [6, 6.07) is 9.93. The number of aliphatic hydroxyl groups excluding tert-OH is 1. The average molecular weight is 288 g/mol. The lowest BCUT2D eigenvalue weighted by molar-refractivity contribution is 0.0992. The van der Waals surface area contributed by atoms with Crippen LogP contribution in [0.5, 0.6) is 0 Å². The number of nitrogens with one attached hydrogen (secondary N) is 2. The van der Waals surface area contributed by atoms with Crippen molar-refractivity contribution >= 4 is 17.3 Å². The number of ether oxygens (including phenoxy) is 1. The van der Waals surface area contributed by atoms with E-state index >= 15 is 0 Å². The van der Waals surface area contributed by atoms with Gasteiger partial charge in [-0.15, -0.1) is 0 Å². The van der Waals surface area contributed by atoms with Crippen LogP contribution in [0.2, 0.25) is 0 Å². The third-order valence-electron chi connectivity index (χ3n) is 2.75. The lowest BCUT2D eigenvalue weighted by Gasteiger charge is -2.09. The van der Waals surface area contributed by atoms with Crippen molar-refractivity contribution < 1.29 is 9.84 Å². The number of nitrogens with zero attached hydrogens (tertiary/aromatic N) is 2. The normalized spacial score (nSPS) is 10.4. The smallest absolute Gasteiger partial charge is 0.135 e. The highest BCUT2D eigenvalue weighted by atomic mass is 16.5.